The average Bonchev–Trinajstić information content (AvgIpc) is 2.16. The molecule has 1 heterocycles. The second kappa shape index (κ2) is 3.51. The van der Waals surface area contributed by atoms with Gasteiger partial charge >= 0.3 is 0 Å². The Hall–Kier alpha value is -1.06. The van der Waals surface area contributed by atoms with Gasteiger partial charge in [-0.3, -0.25) is 0 Å². The van der Waals surface area contributed by atoms with E-state index in [-0.39, 0.29) is 17.9 Å². The molecule has 0 saturated heterocycles. The molecule has 15 heavy (non-hydrogen) atoms. The van der Waals surface area contributed by atoms with Crippen LogP contribution in [0.25, 0.3) is 0 Å². The predicted molar refractivity (Wildman–Crippen MR) is 53.0 cm³/mol. The number of fused-ring (bicyclic) bond motifs is 1. The first kappa shape index (κ1) is 10.5. The van der Waals surface area contributed by atoms with E-state index >= 15 is 0 Å². The number of halogens is 2. The second-order valence-electron chi connectivity index (χ2n) is 4.30. The second-order valence-corrected chi connectivity index (χ2v) is 4.30. The van der Waals surface area contributed by atoms with E-state index in [1.54, 1.807) is 0 Å². The van der Waals surface area contributed by atoms with Gasteiger partial charge in [-0.05, 0) is 12.8 Å². The molecule has 0 amide bonds. The van der Waals surface area contributed by atoms with Crippen LogP contribution in [-0.2, 0) is 12.3 Å². The number of nitrogens with zero attached hydrogens (tertiary/aromatic N) is 2. The largest absolute Gasteiger partial charge is 0.276 e. The molecule has 2 nitrogen and oxygen atoms in total. The van der Waals surface area contributed by atoms with Gasteiger partial charge in [0.1, 0.15) is 5.82 Å². The van der Waals surface area contributed by atoms with Crippen LogP contribution in [0.1, 0.15) is 49.7 Å². The predicted octanol–water partition coefficient (Wildman–Crippen LogP) is 3.03. The molecule has 0 spiro atoms. The van der Waals surface area contributed by atoms with Gasteiger partial charge in [0.2, 0.25) is 0 Å². The van der Waals surface area contributed by atoms with Crippen LogP contribution < -0.4 is 0 Å². The maximum absolute atomic E-state index is 13.4. The summed E-state index contributed by atoms with van der Waals surface area (Å²) in [5.41, 5.74) is 0.558. The van der Waals surface area contributed by atoms with Crippen molar-refractivity contribution in [1.82, 2.24) is 9.97 Å². The molecule has 4 heteroatoms. The lowest BCUT2D eigenvalue weighted by atomic mass is 9.93. The first-order chi connectivity index (χ1) is 7.00. The van der Waals surface area contributed by atoms with Crippen LogP contribution in [0.3, 0.4) is 0 Å². The summed E-state index contributed by atoms with van der Waals surface area (Å²) in [6.07, 6.45) is 2.38. The molecule has 0 radical (unpaired) electrons. The summed E-state index contributed by atoms with van der Waals surface area (Å²) < 4.78 is 26.9. The van der Waals surface area contributed by atoms with Crippen LogP contribution in [0.2, 0.25) is 0 Å². The summed E-state index contributed by atoms with van der Waals surface area (Å²) in [5, 5.41) is 0. The van der Waals surface area contributed by atoms with Gasteiger partial charge in [-0.25, -0.2) is 18.7 Å². The van der Waals surface area contributed by atoms with Crippen LogP contribution in [0.5, 0.6) is 0 Å². The van der Waals surface area contributed by atoms with Crippen molar-refractivity contribution in [1.29, 1.82) is 0 Å². The van der Waals surface area contributed by atoms with Crippen molar-refractivity contribution in [3.8, 4) is 0 Å². The molecule has 1 aliphatic rings. The third-order valence-corrected chi connectivity index (χ3v) is 2.70. The first-order valence-electron chi connectivity index (χ1n) is 5.25. The lowest BCUT2D eigenvalue weighted by molar-refractivity contribution is -0.0228. The highest BCUT2D eigenvalue weighted by atomic mass is 19.3. The van der Waals surface area contributed by atoms with E-state index in [0.717, 1.165) is 0 Å². The Kier molecular flexibility index (Phi) is 2.44. The van der Waals surface area contributed by atoms with Crippen molar-refractivity contribution in [3.05, 3.63) is 23.3 Å². The molecule has 2 rings (SSSR count). The van der Waals surface area contributed by atoms with Crippen molar-refractivity contribution < 1.29 is 8.78 Å². The number of hydrogen-bond acceptors (Lipinski definition) is 2. The van der Waals surface area contributed by atoms with Gasteiger partial charge in [0.05, 0.1) is 11.3 Å². The summed E-state index contributed by atoms with van der Waals surface area (Å²) >= 11 is 0. The Morgan fingerprint density at radius 3 is 2.80 bits per heavy atom. The molecule has 1 aromatic rings. The van der Waals surface area contributed by atoms with Gasteiger partial charge in [-0.1, -0.05) is 13.8 Å². The third kappa shape index (κ3) is 1.85. The van der Waals surface area contributed by atoms with Crippen LogP contribution in [-0.4, -0.2) is 9.97 Å². The van der Waals surface area contributed by atoms with E-state index in [0.29, 0.717) is 24.4 Å². The van der Waals surface area contributed by atoms with Crippen molar-refractivity contribution in [3.63, 3.8) is 0 Å². The quantitative estimate of drug-likeness (QED) is 0.715. The Bertz CT molecular complexity index is 375. The molecule has 0 aliphatic heterocycles. The van der Waals surface area contributed by atoms with Crippen LogP contribution in [0, 0.1) is 0 Å². The summed E-state index contributed by atoms with van der Waals surface area (Å²) in [5.74, 6) is -1.89. The molecule has 0 aromatic carbocycles. The fraction of sp³-hybridized carbons (Fsp3) is 0.636. The van der Waals surface area contributed by atoms with E-state index in [1.807, 2.05) is 13.8 Å². The van der Waals surface area contributed by atoms with Crippen LogP contribution in [0.15, 0.2) is 6.20 Å². The molecular weight excluding hydrogens is 198 g/mol. The Morgan fingerprint density at radius 1 is 1.40 bits per heavy atom. The monoisotopic (exact) mass is 212 g/mol. The minimum absolute atomic E-state index is 0.0261. The van der Waals surface area contributed by atoms with Gasteiger partial charge in [-0.15, -0.1) is 0 Å². The molecule has 1 aliphatic carbocycles. The summed E-state index contributed by atoms with van der Waals surface area (Å²) in [6, 6.07) is 0. The van der Waals surface area contributed by atoms with Gasteiger partial charge in [0.25, 0.3) is 5.92 Å². The zero-order valence-electron chi connectivity index (χ0n) is 8.93. The zero-order valence-corrected chi connectivity index (χ0v) is 8.93. The minimum atomic E-state index is -2.73. The van der Waals surface area contributed by atoms with Crippen molar-refractivity contribution in [2.24, 2.45) is 0 Å². The highest BCUT2D eigenvalue weighted by molar-refractivity contribution is 5.26. The molecule has 0 atom stereocenters. The van der Waals surface area contributed by atoms with Crippen LogP contribution in [0.4, 0.5) is 8.78 Å². The van der Waals surface area contributed by atoms with E-state index in [9.17, 15) is 8.78 Å². The van der Waals surface area contributed by atoms with E-state index in [2.05, 4.69) is 9.97 Å². The number of hydrogen-bond donors (Lipinski definition) is 0. The van der Waals surface area contributed by atoms with Crippen molar-refractivity contribution in [2.45, 2.75) is 45.0 Å². The normalized spacial score (nSPS) is 19.0. The number of aromatic nitrogens is 2. The summed E-state index contributed by atoms with van der Waals surface area (Å²) in [4.78, 5) is 8.21. The first-order valence-corrected chi connectivity index (χ1v) is 5.25. The molecule has 0 unspecified atom stereocenters. The van der Waals surface area contributed by atoms with Gasteiger partial charge in [-0.2, -0.15) is 0 Å². The highest BCUT2D eigenvalue weighted by Crippen LogP contribution is 2.38. The lowest BCUT2D eigenvalue weighted by Crippen LogP contribution is -2.23. The Morgan fingerprint density at radius 2 is 2.13 bits per heavy atom. The highest BCUT2D eigenvalue weighted by Gasteiger charge is 2.37. The molecule has 0 N–H and O–H groups in total. The standard InChI is InChI=1S/C11H14F2N2/c1-7(2)10-14-6-8-9(15-10)4-3-5-11(8,12)13/h6-7H,3-5H2,1-2H3. The van der Waals surface area contributed by atoms with E-state index in [1.165, 1.54) is 6.20 Å². The van der Waals surface area contributed by atoms with Gasteiger partial charge in [0.15, 0.2) is 0 Å². The van der Waals surface area contributed by atoms with Gasteiger partial charge < -0.3 is 0 Å². The summed E-state index contributed by atoms with van der Waals surface area (Å²) in [7, 11) is 0. The molecular formula is C11H14F2N2. The molecule has 0 fully saturated rings. The van der Waals surface area contributed by atoms with E-state index < -0.39 is 5.92 Å². The number of alkyl halides is 2. The smallest absolute Gasteiger partial charge is 0.241 e. The Balaban J connectivity index is 2.45. The zero-order chi connectivity index (χ0) is 11.1. The molecule has 0 bridgehead atoms. The Labute approximate surface area is 87.8 Å². The molecule has 82 valence electrons. The molecule has 0 saturated carbocycles. The average molecular weight is 212 g/mol. The van der Waals surface area contributed by atoms with Crippen LogP contribution >= 0.6 is 0 Å². The maximum Gasteiger partial charge on any atom is 0.276 e. The topological polar surface area (TPSA) is 25.8 Å². The van der Waals surface area contributed by atoms with Crippen molar-refractivity contribution in [2.75, 3.05) is 0 Å². The van der Waals surface area contributed by atoms with Crippen molar-refractivity contribution >= 4 is 0 Å². The molecule has 1 aromatic heterocycles. The van der Waals surface area contributed by atoms with Gasteiger partial charge in [0, 0.05) is 18.5 Å². The third-order valence-electron chi connectivity index (χ3n) is 2.70. The van der Waals surface area contributed by atoms with E-state index in [4.69, 9.17) is 0 Å². The fourth-order valence-electron chi connectivity index (χ4n) is 1.82. The lowest BCUT2D eigenvalue weighted by Gasteiger charge is -2.24. The minimum Gasteiger partial charge on any atom is -0.241 e. The fourth-order valence-corrected chi connectivity index (χ4v) is 1.82. The SMILES string of the molecule is CC(C)c1ncc2c(n1)CCCC2(F)F. The number of rotatable bonds is 1. The maximum atomic E-state index is 13.4. The number of aryl methyl sites for hydroxylation is 1. The summed E-state index contributed by atoms with van der Waals surface area (Å²) in [6.45, 7) is 3.92.